The minimum atomic E-state index is -0.0963. The van der Waals surface area contributed by atoms with Crippen LogP contribution in [-0.2, 0) is 11.2 Å². The van der Waals surface area contributed by atoms with E-state index in [0.29, 0.717) is 5.02 Å². The third-order valence-electron chi connectivity index (χ3n) is 4.43. The number of hydrogen-bond donors (Lipinski definition) is 1. The van der Waals surface area contributed by atoms with Crippen molar-refractivity contribution in [2.45, 2.75) is 13.3 Å². The lowest BCUT2D eigenvalue weighted by Gasteiger charge is -2.09. The van der Waals surface area contributed by atoms with Crippen molar-refractivity contribution < 1.29 is 9.21 Å². The molecule has 0 fully saturated rings. The Balaban J connectivity index is 1.67. The van der Waals surface area contributed by atoms with Crippen molar-refractivity contribution in [2.24, 2.45) is 0 Å². The summed E-state index contributed by atoms with van der Waals surface area (Å²) in [4.78, 5) is 12.5. The number of nitrogens with one attached hydrogen (secondary N) is 1. The van der Waals surface area contributed by atoms with Crippen LogP contribution < -0.4 is 5.32 Å². The number of carbonyl (C=O) groups excluding carboxylic acids is 1. The molecule has 0 aliphatic rings. The predicted molar refractivity (Wildman–Crippen MR) is 102 cm³/mol. The maximum absolute atomic E-state index is 12.5. The molecule has 0 aliphatic heterocycles. The Morgan fingerprint density at radius 1 is 1.08 bits per heavy atom. The largest absolute Gasteiger partial charge is 0.464 e. The topological polar surface area (TPSA) is 42.2 Å². The molecule has 0 unspecified atom stereocenters. The van der Waals surface area contributed by atoms with Crippen LogP contribution in [0.25, 0.3) is 21.7 Å². The van der Waals surface area contributed by atoms with Crippen LogP contribution in [0.3, 0.4) is 0 Å². The molecule has 4 aromatic rings. The second kappa shape index (κ2) is 6.26. The summed E-state index contributed by atoms with van der Waals surface area (Å²) in [5, 5.41) is 6.79. The maximum atomic E-state index is 12.5. The van der Waals surface area contributed by atoms with Crippen molar-refractivity contribution in [1.29, 1.82) is 0 Å². The van der Waals surface area contributed by atoms with E-state index in [4.69, 9.17) is 16.0 Å². The van der Waals surface area contributed by atoms with E-state index < -0.39 is 0 Å². The Morgan fingerprint density at radius 2 is 1.92 bits per heavy atom. The molecule has 3 aromatic carbocycles. The summed E-state index contributed by atoms with van der Waals surface area (Å²) in [6, 6.07) is 17.6. The van der Waals surface area contributed by atoms with E-state index in [1.54, 1.807) is 6.26 Å². The summed E-state index contributed by atoms with van der Waals surface area (Å²) in [5.41, 5.74) is 3.26. The van der Waals surface area contributed by atoms with Crippen molar-refractivity contribution in [3.63, 3.8) is 0 Å². The molecule has 0 saturated carbocycles. The van der Waals surface area contributed by atoms with Crippen LogP contribution >= 0.6 is 11.6 Å². The van der Waals surface area contributed by atoms with E-state index in [1.165, 1.54) is 0 Å². The molecule has 0 bridgehead atoms. The Hall–Kier alpha value is -2.78. The van der Waals surface area contributed by atoms with Crippen molar-refractivity contribution in [3.05, 3.63) is 77.0 Å². The molecule has 0 spiro atoms. The van der Waals surface area contributed by atoms with Crippen molar-refractivity contribution in [1.82, 2.24) is 0 Å². The summed E-state index contributed by atoms with van der Waals surface area (Å²) in [7, 11) is 0. The molecule has 25 heavy (non-hydrogen) atoms. The zero-order valence-electron chi connectivity index (χ0n) is 13.7. The highest BCUT2D eigenvalue weighted by Crippen LogP contribution is 2.30. The van der Waals surface area contributed by atoms with Crippen LogP contribution in [0.15, 0.2) is 65.3 Å². The molecule has 124 valence electrons. The molecule has 1 heterocycles. The number of carbonyl (C=O) groups is 1. The Labute approximate surface area is 150 Å². The van der Waals surface area contributed by atoms with E-state index in [-0.39, 0.29) is 12.3 Å². The Bertz CT molecular complexity index is 1100. The number of benzene rings is 3. The highest BCUT2D eigenvalue weighted by molar-refractivity contribution is 6.31. The van der Waals surface area contributed by atoms with Gasteiger partial charge in [0.05, 0.1) is 12.7 Å². The van der Waals surface area contributed by atoms with Crippen LogP contribution in [0.5, 0.6) is 0 Å². The van der Waals surface area contributed by atoms with E-state index >= 15 is 0 Å². The fourth-order valence-electron chi connectivity index (χ4n) is 3.11. The SMILES string of the molecule is Cc1c(Cl)cccc1NC(=O)Cc1coc2ccc3ccccc3c12. The lowest BCUT2D eigenvalue weighted by atomic mass is 10.0. The Kier molecular flexibility index (Phi) is 3.94. The number of hydrogen-bond acceptors (Lipinski definition) is 2. The van der Waals surface area contributed by atoms with Crippen LogP contribution in [0, 0.1) is 6.92 Å². The van der Waals surface area contributed by atoms with Crippen LogP contribution in [-0.4, -0.2) is 5.91 Å². The minimum absolute atomic E-state index is 0.0963. The van der Waals surface area contributed by atoms with Gasteiger partial charge in [-0.15, -0.1) is 0 Å². The highest BCUT2D eigenvalue weighted by Gasteiger charge is 2.14. The molecule has 1 amide bonds. The first-order valence-electron chi connectivity index (χ1n) is 8.06. The van der Waals surface area contributed by atoms with Gasteiger partial charge in [-0.25, -0.2) is 0 Å². The molecule has 1 aromatic heterocycles. The number of halogens is 1. The summed E-state index contributed by atoms with van der Waals surface area (Å²) in [6.45, 7) is 1.89. The number of furan rings is 1. The smallest absolute Gasteiger partial charge is 0.228 e. The number of fused-ring (bicyclic) bond motifs is 3. The fourth-order valence-corrected chi connectivity index (χ4v) is 3.29. The second-order valence-corrected chi connectivity index (χ2v) is 6.47. The number of rotatable bonds is 3. The zero-order chi connectivity index (χ0) is 17.4. The monoisotopic (exact) mass is 349 g/mol. The predicted octanol–water partition coefficient (Wildman–Crippen LogP) is 5.73. The third-order valence-corrected chi connectivity index (χ3v) is 4.84. The standard InChI is InChI=1S/C21H16ClNO2/c1-13-17(22)7-4-8-18(13)23-20(24)11-15-12-25-19-10-9-14-5-2-3-6-16(14)21(15)19/h2-10,12H,11H2,1H3,(H,23,24). The average Bonchev–Trinajstić information content (AvgIpc) is 3.02. The molecule has 1 N–H and O–H groups in total. The van der Waals surface area contributed by atoms with Crippen LogP contribution in [0.2, 0.25) is 5.02 Å². The summed E-state index contributed by atoms with van der Waals surface area (Å²) < 4.78 is 5.65. The maximum Gasteiger partial charge on any atom is 0.228 e. The van der Waals surface area contributed by atoms with E-state index in [1.807, 2.05) is 49.4 Å². The lowest BCUT2D eigenvalue weighted by Crippen LogP contribution is -2.15. The molecule has 4 rings (SSSR count). The van der Waals surface area contributed by atoms with Gasteiger partial charge in [-0.1, -0.05) is 48.0 Å². The molecular formula is C21H16ClNO2. The molecule has 0 radical (unpaired) electrons. The van der Waals surface area contributed by atoms with Crippen molar-refractivity contribution >= 4 is 44.9 Å². The first-order valence-corrected chi connectivity index (χ1v) is 8.44. The number of amides is 1. The van der Waals surface area contributed by atoms with E-state index in [9.17, 15) is 4.79 Å². The second-order valence-electron chi connectivity index (χ2n) is 6.06. The minimum Gasteiger partial charge on any atom is -0.464 e. The molecule has 4 heteroatoms. The van der Waals surface area contributed by atoms with Gasteiger partial charge in [-0.2, -0.15) is 0 Å². The molecule has 0 aliphatic carbocycles. The summed E-state index contributed by atoms with van der Waals surface area (Å²) >= 11 is 6.12. The van der Waals surface area contributed by atoms with Crippen LogP contribution in [0.1, 0.15) is 11.1 Å². The first kappa shape index (κ1) is 15.7. The molecule has 3 nitrogen and oxygen atoms in total. The van der Waals surface area contributed by atoms with E-state index in [2.05, 4.69) is 17.4 Å². The van der Waals surface area contributed by atoms with Gasteiger partial charge in [-0.05, 0) is 41.5 Å². The van der Waals surface area contributed by atoms with Crippen molar-refractivity contribution in [3.8, 4) is 0 Å². The number of anilines is 1. The van der Waals surface area contributed by atoms with Crippen molar-refractivity contribution in [2.75, 3.05) is 5.32 Å². The quantitative estimate of drug-likeness (QED) is 0.513. The zero-order valence-corrected chi connectivity index (χ0v) is 14.4. The highest BCUT2D eigenvalue weighted by atomic mass is 35.5. The van der Waals surface area contributed by atoms with Gasteiger partial charge in [0.25, 0.3) is 0 Å². The first-order chi connectivity index (χ1) is 12.1. The molecular weight excluding hydrogens is 334 g/mol. The van der Waals surface area contributed by atoms with Gasteiger partial charge in [0.15, 0.2) is 0 Å². The van der Waals surface area contributed by atoms with E-state index in [0.717, 1.165) is 38.6 Å². The van der Waals surface area contributed by atoms with Crippen LogP contribution in [0.4, 0.5) is 5.69 Å². The fraction of sp³-hybridized carbons (Fsp3) is 0.0952. The Morgan fingerprint density at radius 3 is 2.80 bits per heavy atom. The van der Waals surface area contributed by atoms with Gasteiger partial charge in [0.1, 0.15) is 5.58 Å². The average molecular weight is 350 g/mol. The van der Waals surface area contributed by atoms with Gasteiger partial charge >= 0.3 is 0 Å². The summed E-state index contributed by atoms with van der Waals surface area (Å²) in [6.07, 6.45) is 1.91. The van der Waals surface area contributed by atoms with Gasteiger partial charge in [0, 0.05) is 21.7 Å². The van der Waals surface area contributed by atoms with Gasteiger partial charge < -0.3 is 9.73 Å². The summed E-state index contributed by atoms with van der Waals surface area (Å²) in [5.74, 6) is -0.0963. The van der Waals surface area contributed by atoms with Gasteiger partial charge in [0.2, 0.25) is 5.91 Å². The molecule has 0 saturated heterocycles. The van der Waals surface area contributed by atoms with Gasteiger partial charge in [-0.3, -0.25) is 4.79 Å². The lowest BCUT2D eigenvalue weighted by molar-refractivity contribution is -0.115. The normalized spacial score (nSPS) is 11.1. The molecule has 0 atom stereocenters. The third kappa shape index (κ3) is 2.87.